The number of hydrogen-bond donors (Lipinski definition) is 0. The molecule has 0 aliphatic heterocycles. The molecule has 0 bridgehead atoms. The van der Waals surface area contributed by atoms with Crippen molar-refractivity contribution in [3.63, 3.8) is 0 Å². The maximum Gasteiger partial charge on any atom is 0.246 e. The van der Waals surface area contributed by atoms with Crippen molar-refractivity contribution >= 4 is 17.2 Å². The van der Waals surface area contributed by atoms with Crippen LogP contribution in [0.2, 0.25) is 0 Å². The molecule has 0 N–H and O–H groups in total. The topological polar surface area (TPSA) is 33.2 Å². The Bertz CT molecular complexity index is 384. The van der Waals surface area contributed by atoms with E-state index < -0.39 is 0 Å². The second-order valence-corrected chi connectivity index (χ2v) is 4.75. The van der Waals surface area contributed by atoms with Gasteiger partial charge in [0.2, 0.25) is 5.91 Å². The lowest BCUT2D eigenvalue weighted by Crippen LogP contribution is -2.27. The predicted octanol–water partition coefficient (Wildman–Crippen LogP) is 2.47. The molecule has 3 nitrogen and oxygen atoms in total. The first kappa shape index (κ1) is 11.9. The summed E-state index contributed by atoms with van der Waals surface area (Å²) in [6.07, 6.45) is 1.33. The summed E-state index contributed by atoms with van der Waals surface area (Å²) in [7, 11) is 1.78. The number of carbonyl (C=O) groups excluding carboxylic acids is 1. The molecule has 0 radical (unpaired) electrons. The van der Waals surface area contributed by atoms with Gasteiger partial charge in [-0.1, -0.05) is 6.58 Å². The molecule has 0 saturated carbocycles. The highest BCUT2D eigenvalue weighted by Crippen LogP contribution is 2.28. The van der Waals surface area contributed by atoms with E-state index in [0.717, 1.165) is 15.6 Å². The zero-order valence-corrected chi connectivity index (χ0v) is 10.4. The van der Waals surface area contributed by atoms with Crippen molar-refractivity contribution in [2.75, 3.05) is 7.05 Å². The summed E-state index contributed by atoms with van der Waals surface area (Å²) < 4.78 is 0. The fourth-order valence-electron chi connectivity index (χ4n) is 1.45. The summed E-state index contributed by atoms with van der Waals surface area (Å²) in [4.78, 5) is 18.6. The highest BCUT2D eigenvalue weighted by molar-refractivity contribution is 7.11. The van der Waals surface area contributed by atoms with Crippen LogP contribution in [-0.2, 0) is 4.79 Å². The van der Waals surface area contributed by atoms with Gasteiger partial charge in [-0.25, -0.2) is 4.98 Å². The van der Waals surface area contributed by atoms with E-state index in [1.54, 1.807) is 23.3 Å². The van der Waals surface area contributed by atoms with Crippen molar-refractivity contribution in [3.05, 3.63) is 28.2 Å². The molecule has 0 fully saturated rings. The lowest BCUT2D eigenvalue weighted by molar-refractivity contribution is -0.126. The minimum Gasteiger partial charge on any atom is -0.335 e. The van der Waals surface area contributed by atoms with Crippen LogP contribution in [0, 0.1) is 13.8 Å². The number of likely N-dealkylation sites (N-methyl/N-ethyl adjacent to an activating group) is 1. The molecule has 0 saturated heterocycles. The van der Waals surface area contributed by atoms with Gasteiger partial charge in [0.05, 0.1) is 16.7 Å². The molecule has 1 atom stereocenters. The van der Waals surface area contributed by atoms with E-state index in [4.69, 9.17) is 0 Å². The molecule has 1 aromatic heterocycles. The Labute approximate surface area is 94.4 Å². The van der Waals surface area contributed by atoms with Crippen molar-refractivity contribution in [2.24, 2.45) is 0 Å². The molecule has 1 aromatic rings. The second kappa shape index (κ2) is 4.57. The van der Waals surface area contributed by atoms with Gasteiger partial charge >= 0.3 is 0 Å². The van der Waals surface area contributed by atoms with E-state index in [0.29, 0.717) is 0 Å². The van der Waals surface area contributed by atoms with Crippen LogP contribution >= 0.6 is 11.3 Å². The number of hydrogen-bond acceptors (Lipinski definition) is 3. The van der Waals surface area contributed by atoms with Gasteiger partial charge in [0.1, 0.15) is 0 Å². The van der Waals surface area contributed by atoms with Crippen molar-refractivity contribution < 1.29 is 4.79 Å². The number of thiazole rings is 1. The molecule has 15 heavy (non-hydrogen) atoms. The fraction of sp³-hybridized carbons (Fsp3) is 0.455. The predicted molar refractivity (Wildman–Crippen MR) is 63.0 cm³/mol. The quantitative estimate of drug-likeness (QED) is 0.739. The largest absolute Gasteiger partial charge is 0.335 e. The lowest BCUT2D eigenvalue weighted by atomic mass is 10.2. The molecule has 0 aromatic carbocycles. The number of aryl methyl sites for hydroxylation is 2. The van der Waals surface area contributed by atoms with Crippen LogP contribution in [0.1, 0.15) is 28.5 Å². The monoisotopic (exact) mass is 224 g/mol. The zero-order chi connectivity index (χ0) is 11.6. The summed E-state index contributed by atoms with van der Waals surface area (Å²) in [6, 6.07) is 0.0571. The van der Waals surface area contributed by atoms with Crippen LogP contribution in [0.5, 0.6) is 0 Å². The molecule has 0 aliphatic rings. The van der Waals surface area contributed by atoms with Crippen LogP contribution in [0.15, 0.2) is 12.7 Å². The fourth-order valence-corrected chi connectivity index (χ4v) is 2.47. The van der Waals surface area contributed by atoms with Crippen molar-refractivity contribution in [2.45, 2.75) is 26.8 Å². The number of amides is 1. The Morgan fingerprint density at radius 1 is 1.60 bits per heavy atom. The Kier molecular flexibility index (Phi) is 3.63. The van der Waals surface area contributed by atoms with Gasteiger partial charge in [-0.05, 0) is 26.8 Å². The Morgan fingerprint density at radius 2 is 2.20 bits per heavy atom. The Hall–Kier alpha value is -1.16. The third-order valence-electron chi connectivity index (χ3n) is 2.42. The molecule has 4 heteroatoms. The van der Waals surface area contributed by atoms with E-state index in [1.807, 2.05) is 20.8 Å². The summed E-state index contributed by atoms with van der Waals surface area (Å²) >= 11 is 1.64. The maximum absolute atomic E-state index is 11.4. The molecule has 1 amide bonds. The average molecular weight is 224 g/mol. The minimum atomic E-state index is -0.0621. The summed E-state index contributed by atoms with van der Waals surface area (Å²) in [5, 5.41) is 1.04. The normalized spacial score (nSPS) is 12.3. The first-order valence-corrected chi connectivity index (χ1v) is 5.62. The second-order valence-electron chi connectivity index (χ2n) is 3.51. The molecule has 1 unspecified atom stereocenters. The van der Waals surface area contributed by atoms with Gasteiger partial charge in [0.15, 0.2) is 0 Å². The van der Waals surface area contributed by atoms with Crippen LogP contribution in [0.25, 0.3) is 0 Å². The van der Waals surface area contributed by atoms with Crippen molar-refractivity contribution in [1.29, 1.82) is 0 Å². The van der Waals surface area contributed by atoms with E-state index >= 15 is 0 Å². The summed E-state index contributed by atoms with van der Waals surface area (Å²) in [5.74, 6) is -0.0621. The van der Waals surface area contributed by atoms with Crippen LogP contribution in [0.3, 0.4) is 0 Å². The minimum absolute atomic E-state index is 0.0571. The van der Waals surface area contributed by atoms with Gasteiger partial charge in [0.25, 0.3) is 0 Å². The summed E-state index contributed by atoms with van der Waals surface area (Å²) in [5.41, 5.74) is 1.01. The van der Waals surface area contributed by atoms with Crippen molar-refractivity contribution in [3.8, 4) is 0 Å². The maximum atomic E-state index is 11.4. The first-order valence-electron chi connectivity index (χ1n) is 4.80. The molecular formula is C11H16N2OS. The zero-order valence-electron chi connectivity index (χ0n) is 9.57. The number of aromatic nitrogens is 1. The summed E-state index contributed by atoms with van der Waals surface area (Å²) in [6.45, 7) is 9.43. The number of carbonyl (C=O) groups is 1. The van der Waals surface area contributed by atoms with Crippen molar-refractivity contribution in [1.82, 2.24) is 9.88 Å². The Morgan fingerprint density at radius 3 is 2.60 bits per heavy atom. The SMILES string of the molecule is C=CC(=O)N(C)C(C)c1sc(C)nc1C. The van der Waals surface area contributed by atoms with Crippen LogP contribution < -0.4 is 0 Å². The molecule has 1 rings (SSSR count). The van der Waals surface area contributed by atoms with Crippen LogP contribution in [0.4, 0.5) is 0 Å². The molecule has 82 valence electrons. The number of nitrogens with zero attached hydrogens (tertiary/aromatic N) is 2. The highest BCUT2D eigenvalue weighted by atomic mass is 32.1. The molecular weight excluding hydrogens is 208 g/mol. The van der Waals surface area contributed by atoms with E-state index in [-0.39, 0.29) is 11.9 Å². The van der Waals surface area contributed by atoms with E-state index in [9.17, 15) is 4.79 Å². The third kappa shape index (κ3) is 2.45. The smallest absolute Gasteiger partial charge is 0.246 e. The number of rotatable bonds is 3. The van der Waals surface area contributed by atoms with Gasteiger partial charge in [-0.15, -0.1) is 11.3 Å². The molecule has 0 aliphatic carbocycles. The average Bonchev–Trinajstić information content (AvgIpc) is 2.54. The van der Waals surface area contributed by atoms with Gasteiger partial charge in [0, 0.05) is 11.9 Å². The van der Waals surface area contributed by atoms with Crippen LogP contribution in [-0.4, -0.2) is 22.8 Å². The third-order valence-corrected chi connectivity index (χ3v) is 3.67. The molecule has 0 spiro atoms. The first-order chi connectivity index (χ1) is 6.97. The standard InChI is InChI=1S/C11H16N2OS/c1-6-10(14)13(5)8(3)11-7(2)12-9(4)15-11/h6,8H,1H2,2-5H3. The van der Waals surface area contributed by atoms with E-state index in [1.165, 1.54) is 6.08 Å². The van der Waals surface area contributed by atoms with Gasteiger partial charge in [-0.3, -0.25) is 4.79 Å². The van der Waals surface area contributed by atoms with Gasteiger partial charge < -0.3 is 4.90 Å². The highest BCUT2D eigenvalue weighted by Gasteiger charge is 2.19. The van der Waals surface area contributed by atoms with Gasteiger partial charge in [-0.2, -0.15) is 0 Å². The lowest BCUT2D eigenvalue weighted by Gasteiger charge is -2.22. The van der Waals surface area contributed by atoms with E-state index in [2.05, 4.69) is 11.6 Å². The molecule has 1 heterocycles. The Balaban J connectivity index is 2.93.